The summed E-state index contributed by atoms with van der Waals surface area (Å²) in [5.74, 6) is -0.133. The predicted molar refractivity (Wildman–Crippen MR) is 104 cm³/mol. The molecule has 5 rings (SSSR count). The summed E-state index contributed by atoms with van der Waals surface area (Å²) in [6.45, 7) is 0. The van der Waals surface area contributed by atoms with Crippen LogP contribution in [0.15, 0.2) is 82.5 Å². The number of rotatable bonds is 2. The summed E-state index contributed by atoms with van der Waals surface area (Å²) in [7, 11) is 0. The molecular weight excluding hydrogens is 354 g/mol. The van der Waals surface area contributed by atoms with Crippen molar-refractivity contribution in [3.63, 3.8) is 0 Å². The Morgan fingerprint density at radius 3 is 2.50 bits per heavy atom. The molecule has 1 aliphatic rings. The molecule has 3 heterocycles. The van der Waals surface area contributed by atoms with Gasteiger partial charge in [-0.2, -0.15) is 0 Å². The van der Waals surface area contributed by atoms with Crippen molar-refractivity contribution in [2.24, 2.45) is 0 Å². The molecule has 0 aliphatic carbocycles. The van der Waals surface area contributed by atoms with Crippen LogP contribution >= 0.6 is 0 Å². The fraction of sp³-hybridized carbons (Fsp3) is 0.0870. The van der Waals surface area contributed by atoms with Crippen LogP contribution in [0.2, 0.25) is 0 Å². The highest BCUT2D eigenvalue weighted by atomic mass is 16.5. The number of esters is 1. The molecule has 1 atom stereocenters. The van der Waals surface area contributed by atoms with Crippen molar-refractivity contribution >= 4 is 16.9 Å². The standard InChI is InChI=1S/C23H15NO4/c25-20-12-17(15-8-10-24-11-9-15)21-19(28-20)7-6-16-22(26)18(13-27-23(16)21)14-4-2-1-3-5-14/h1-11,13,17H,12H2/t17-/m1/s1. The molecule has 0 saturated heterocycles. The molecular formula is C23H15NO4. The molecule has 0 spiro atoms. The van der Waals surface area contributed by atoms with Crippen molar-refractivity contribution < 1.29 is 13.9 Å². The Morgan fingerprint density at radius 1 is 0.929 bits per heavy atom. The average molecular weight is 369 g/mol. The zero-order valence-corrected chi connectivity index (χ0v) is 14.8. The molecule has 1 aliphatic heterocycles. The lowest BCUT2D eigenvalue weighted by molar-refractivity contribution is -0.135. The Morgan fingerprint density at radius 2 is 1.71 bits per heavy atom. The van der Waals surface area contributed by atoms with E-state index >= 15 is 0 Å². The molecule has 0 amide bonds. The monoisotopic (exact) mass is 369 g/mol. The van der Waals surface area contributed by atoms with Gasteiger partial charge in [0.2, 0.25) is 5.43 Å². The number of hydrogen-bond acceptors (Lipinski definition) is 5. The van der Waals surface area contributed by atoms with Crippen molar-refractivity contribution in [3.8, 4) is 16.9 Å². The molecule has 136 valence electrons. The number of ether oxygens (including phenoxy) is 1. The number of pyridine rings is 1. The first-order chi connectivity index (χ1) is 13.7. The van der Waals surface area contributed by atoms with E-state index in [1.54, 1.807) is 24.5 Å². The van der Waals surface area contributed by atoms with Crippen LogP contribution in [0.4, 0.5) is 0 Å². The Balaban J connectivity index is 1.76. The fourth-order valence-electron chi connectivity index (χ4n) is 3.75. The number of nitrogens with zero attached hydrogens (tertiary/aromatic N) is 1. The summed E-state index contributed by atoms with van der Waals surface area (Å²) in [5, 5.41) is 0.470. The van der Waals surface area contributed by atoms with Gasteiger partial charge in [0.25, 0.3) is 0 Å². The van der Waals surface area contributed by atoms with E-state index in [2.05, 4.69) is 4.98 Å². The Kier molecular flexibility index (Phi) is 3.79. The first-order valence-electron chi connectivity index (χ1n) is 8.97. The second-order valence-electron chi connectivity index (χ2n) is 6.71. The highest BCUT2D eigenvalue weighted by molar-refractivity contribution is 5.90. The molecule has 5 nitrogen and oxygen atoms in total. The van der Waals surface area contributed by atoms with E-state index in [-0.39, 0.29) is 23.7 Å². The molecule has 0 unspecified atom stereocenters. The number of hydrogen-bond donors (Lipinski definition) is 0. The lowest BCUT2D eigenvalue weighted by atomic mass is 9.85. The maximum absolute atomic E-state index is 13.1. The molecule has 28 heavy (non-hydrogen) atoms. The predicted octanol–water partition coefficient (Wildman–Crippen LogP) is 4.30. The Hall–Kier alpha value is -3.73. The van der Waals surface area contributed by atoms with Crippen LogP contribution in [-0.2, 0) is 4.79 Å². The third-order valence-corrected chi connectivity index (χ3v) is 5.08. The van der Waals surface area contributed by atoms with E-state index in [1.165, 1.54) is 6.26 Å². The normalized spacial score (nSPS) is 15.9. The van der Waals surface area contributed by atoms with Crippen molar-refractivity contribution in [1.82, 2.24) is 4.98 Å². The van der Waals surface area contributed by atoms with Crippen LogP contribution in [0.1, 0.15) is 23.5 Å². The molecule has 0 N–H and O–H groups in total. The fourth-order valence-corrected chi connectivity index (χ4v) is 3.75. The summed E-state index contributed by atoms with van der Waals surface area (Å²) < 4.78 is 11.4. The maximum Gasteiger partial charge on any atom is 0.312 e. The Labute approximate surface area is 160 Å². The number of carbonyl (C=O) groups excluding carboxylic acids is 1. The van der Waals surface area contributed by atoms with Gasteiger partial charge in [-0.05, 0) is 35.4 Å². The summed E-state index contributed by atoms with van der Waals surface area (Å²) in [6, 6.07) is 16.5. The van der Waals surface area contributed by atoms with Gasteiger partial charge in [-0.15, -0.1) is 0 Å². The minimum absolute atomic E-state index is 0.111. The summed E-state index contributed by atoms with van der Waals surface area (Å²) in [6.07, 6.45) is 5.04. The highest BCUT2D eigenvalue weighted by Gasteiger charge is 2.32. The molecule has 0 bridgehead atoms. The van der Waals surface area contributed by atoms with E-state index in [0.717, 1.165) is 16.7 Å². The number of benzene rings is 2. The van der Waals surface area contributed by atoms with Crippen LogP contribution in [0.3, 0.4) is 0 Å². The van der Waals surface area contributed by atoms with Crippen molar-refractivity contribution in [1.29, 1.82) is 0 Å². The summed E-state index contributed by atoms with van der Waals surface area (Å²) >= 11 is 0. The topological polar surface area (TPSA) is 69.4 Å². The van der Waals surface area contributed by atoms with Gasteiger partial charge in [0.15, 0.2) is 0 Å². The first-order valence-corrected chi connectivity index (χ1v) is 8.97. The van der Waals surface area contributed by atoms with Crippen molar-refractivity contribution in [2.75, 3.05) is 0 Å². The van der Waals surface area contributed by atoms with Gasteiger partial charge < -0.3 is 9.15 Å². The Bertz CT molecular complexity index is 1250. The van der Waals surface area contributed by atoms with E-state index in [0.29, 0.717) is 22.3 Å². The highest BCUT2D eigenvalue weighted by Crippen LogP contribution is 2.42. The zero-order chi connectivity index (χ0) is 19.1. The minimum atomic E-state index is -0.308. The van der Waals surface area contributed by atoms with Gasteiger partial charge in [0.05, 0.1) is 17.4 Å². The van der Waals surface area contributed by atoms with Crippen LogP contribution in [0, 0.1) is 0 Å². The number of carbonyl (C=O) groups is 1. The molecule has 5 heteroatoms. The summed E-state index contributed by atoms with van der Waals surface area (Å²) in [4.78, 5) is 29.3. The SMILES string of the molecule is O=C1C[C@H](c2ccncc2)c2c(ccc3c(=O)c(-c4ccccc4)coc23)O1. The van der Waals surface area contributed by atoms with Gasteiger partial charge in [0, 0.05) is 23.9 Å². The van der Waals surface area contributed by atoms with Crippen molar-refractivity contribution in [2.45, 2.75) is 12.3 Å². The quantitative estimate of drug-likeness (QED) is 0.389. The molecule has 2 aromatic heterocycles. The second kappa shape index (κ2) is 6.46. The minimum Gasteiger partial charge on any atom is -0.463 e. The van der Waals surface area contributed by atoms with Gasteiger partial charge in [0.1, 0.15) is 17.6 Å². The molecule has 2 aromatic carbocycles. The lowest BCUT2D eigenvalue weighted by Gasteiger charge is -2.25. The van der Waals surface area contributed by atoms with Crippen molar-refractivity contribution in [3.05, 3.63) is 94.6 Å². The largest absolute Gasteiger partial charge is 0.463 e. The summed E-state index contributed by atoms with van der Waals surface area (Å²) in [5.41, 5.74) is 3.29. The first kappa shape index (κ1) is 16.4. The third kappa shape index (κ3) is 2.60. The van der Waals surface area contributed by atoms with Crippen LogP contribution in [-0.4, -0.2) is 11.0 Å². The molecule has 0 radical (unpaired) electrons. The average Bonchev–Trinajstić information content (AvgIpc) is 2.74. The van der Waals surface area contributed by atoms with E-state index < -0.39 is 0 Å². The number of fused-ring (bicyclic) bond motifs is 3. The van der Waals surface area contributed by atoms with Gasteiger partial charge in [-0.25, -0.2) is 0 Å². The zero-order valence-electron chi connectivity index (χ0n) is 14.8. The maximum atomic E-state index is 13.1. The van der Waals surface area contributed by atoms with Crippen LogP contribution < -0.4 is 10.2 Å². The van der Waals surface area contributed by atoms with Crippen LogP contribution in [0.25, 0.3) is 22.1 Å². The number of aromatic nitrogens is 1. The van der Waals surface area contributed by atoms with E-state index in [1.807, 2.05) is 42.5 Å². The molecule has 0 saturated carbocycles. The van der Waals surface area contributed by atoms with Gasteiger partial charge >= 0.3 is 5.97 Å². The van der Waals surface area contributed by atoms with Gasteiger partial charge in [-0.1, -0.05) is 30.3 Å². The van der Waals surface area contributed by atoms with Crippen LogP contribution in [0.5, 0.6) is 5.75 Å². The van der Waals surface area contributed by atoms with Gasteiger partial charge in [-0.3, -0.25) is 14.6 Å². The lowest BCUT2D eigenvalue weighted by Crippen LogP contribution is -2.22. The molecule has 4 aromatic rings. The second-order valence-corrected chi connectivity index (χ2v) is 6.71. The van der Waals surface area contributed by atoms with E-state index in [4.69, 9.17) is 9.15 Å². The molecule has 0 fully saturated rings. The third-order valence-electron chi connectivity index (χ3n) is 5.08. The smallest absolute Gasteiger partial charge is 0.312 e. The van der Waals surface area contributed by atoms with E-state index in [9.17, 15) is 9.59 Å².